The Labute approximate surface area is 314 Å². The number of fused-ring (bicyclic) bond motifs is 2. The molecule has 3 aromatic heterocycles. The lowest BCUT2D eigenvalue weighted by Gasteiger charge is -2.24. The molecule has 9 rings (SSSR count). The highest BCUT2D eigenvalue weighted by molar-refractivity contribution is 5.88. The number of hydrogen-bond donors (Lipinski definition) is 0. The van der Waals surface area contributed by atoms with Crippen molar-refractivity contribution in [1.82, 2.24) is 19.9 Å². The molecule has 6 heteroatoms. The first-order chi connectivity index (χ1) is 26.4. The largest absolute Gasteiger partial charge is 0.449 e. The van der Waals surface area contributed by atoms with Crippen molar-refractivity contribution in [3.05, 3.63) is 168 Å². The molecule has 4 heterocycles. The predicted octanol–water partition coefficient (Wildman–Crippen LogP) is 12.4. The standard InChI is InChI=1S/C48H36N4O2/c1-29-15-22-38(31(3)49-29)40-26-46-47(27-41(40)39-23-16-30(2)50-32(39)4)54-45-25-37(21-24-44(45)53-46)43-28-42(51-48(52-43)36-13-9-6-10-14-36)35-19-17-34(18-20-35)33-11-7-5-8-12-33/h5-28H,1-4H3. The molecule has 5 aromatic carbocycles. The number of benzene rings is 5. The van der Waals surface area contributed by atoms with Crippen LogP contribution in [0.3, 0.4) is 0 Å². The zero-order chi connectivity index (χ0) is 36.8. The SMILES string of the molecule is Cc1ccc(-c2cc3c(cc2-c2ccc(C)nc2C)Oc2cc(-c4cc(-c5ccc(-c6ccccc6)cc5)nc(-c5ccccc5)n4)ccc2O3)c(C)n1. The number of nitrogens with zero attached hydrogens (tertiary/aromatic N) is 4. The molecule has 0 saturated carbocycles. The summed E-state index contributed by atoms with van der Waals surface area (Å²) in [6.07, 6.45) is 0. The Kier molecular flexibility index (Phi) is 8.28. The number of pyridine rings is 2. The average Bonchev–Trinajstić information content (AvgIpc) is 3.20. The summed E-state index contributed by atoms with van der Waals surface area (Å²) in [6.45, 7) is 8.10. The molecule has 0 atom stereocenters. The first-order valence-electron chi connectivity index (χ1n) is 18.0. The van der Waals surface area contributed by atoms with E-state index in [2.05, 4.69) is 72.8 Å². The molecule has 0 aliphatic carbocycles. The molecular formula is C48H36N4O2. The van der Waals surface area contributed by atoms with Gasteiger partial charge < -0.3 is 9.47 Å². The fraction of sp³-hybridized carbons (Fsp3) is 0.0833. The van der Waals surface area contributed by atoms with Crippen molar-refractivity contribution < 1.29 is 9.47 Å². The summed E-state index contributed by atoms with van der Waals surface area (Å²) >= 11 is 0. The van der Waals surface area contributed by atoms with Crippen LogP contribution in [0.2, 0.25) is 0 Å². The van der Waals surface area contributed by atoms with Crippen LogP contribution in [0.5, 0.6) is 23.0 Å². The monoisotopic (exact) mass is 700 g/mol. The van der Waals surface area contributed by atoms with Crippen molar-refractivity contribution in [2.45, 2.75) is 27.7 Å². The van der Waals surface area contributed by atoms with Crippen LogP contribution in [-0.4, -0.2) is 19.9 Å². The van der Waals surface area contributed by atoms with Crippen molar-refractivity contribution in [1.29, 1.82) is 0 Å². The van der Waals surface area contributed by atoms with Gasteiger partial charge >= 0.3 is 0 Å². The Bertz CT molecular complexity index is 2690. The van der Waals surface area contributed by atoms with Crippen molar-refractivity contribution in [3.8, 4) is 90.3 Å². The summed E-state index contributed by atoms with van der Waals surface area (Å²) < 4.78 is 13.3. The van der Waals surface area contributed by atoms with E-state index >= 15 is 0 Å². The van der Waals surface area contributed by atoms with Crippen LogP contribution in [-0.2, 0) is 0 Å². The van der Waals surface area contributed by atoms with Crippen LogP contribution in [0.1, 0.15) is 22.8 Å². The number of rotatable bonds is 6. The molecule has 0 unspecified atom stereocenters. The van der Waals surface area contributed by atoms with E-state index in [1.54, 1.807) is 0 Å². The van der Waals surface area contributed by atoms with E-state index in [1.165, 1.54) is 5.56 Å². The van der Waals surface area contributed by atoms with Crippen LogP contribution in [0.25, 0.3) is 67.3 Å². The molecule has 0 saturated heterocycles. The number of aryl methyl sites for hydroxylation is 4. The van der Waals surface area contributed by atoms with Crippen molar-refractivity contribution in [3.63, 3.8) is 0 Å². The van der Waals surface area contributed by atoms with E-state index in [0.717, 1.165) is 78.7 Å². The molecule has 0 amide bonds. The van der Waals surface area contributed by atoms with Gasteiger partial charge in [0.2, 0.25) is 0 Å². The molecular weight excluding hydrogens is 665 g/mol. The van der Waals surface area contributed by atoms with Gasteiger partial charge in [-0.2, -0.15) is 0 Å². The zero-order valence-corrected chi connectivity index (χ0v) is 30.5. The number of ether oxygens (including phenoxy) is 2. The van der Waals surface area contributed by atoms with Crippen LogP contribution in [0.4, 0.5) is 0 Å². The predicted molar refractivity (Wildman–Crippen MR) is 216 cm³/mol. The maximum atomic E-state index is 6.69. The minimum atomic E-state index is 0.610. The molecule has 6 nitrogen and oxygen atoms in total. The Morgan fingerprint density at radius 3 is 1.37 bits per heavy atom. The molecule has 0 bridgehead atoms. The zero-order valence-electron chi connectivity index (χ0n) is 30.5. The lowest BCUT2D eigenvalue weighted by atomic mass is 9.92. The third-order valence-electron chi connectivity index (χ3n) is 9.84. The maximum Gasteiger partial charge on any atom is 0.170 e. The van der Waals surface area contributed by atoms with Gasteiger partial charge in [0.1, 0.15) is 0 Å². The highest BCUT2D eigenvalue weighted by atomic mass is 16.6. The molecule has 8 aromatic rings. The highest BCUT2D eigenvalue weighted by Crippen LogP contribution is 2.51. The van der Waals surface area contributed by atoms with E-state index in [1.807, 2.05) is 100 Å². The summed E-state index contributed by atoms with van der Waals surface area (Å²) in [5, 5.41) is 0. The van der Waals surface area contributed by atoms with Gasteiger partial charge in [-0.25, -0.2) is 9.97 Å². The van der Waals surface area contributed by atoms with Gasteiger partial charge in [0, 0.05) is 50.6 Å². The normalized spacial score (nSPS) is 11.6. The fourth-order valence-electron chi connectivity index (χ4n) is 7.10. The first-order valence-corrected chi connectivity index (χ1v) is 18.0. The Morgan fingerprint density at radius 2 is 0.796 bits per heavy atom. The summed E-state index contributed by atoms with van der Waals surface area (Å²) in [6, 6.07) is 49.5. The molecule has 0 fully saturated rings. The number of aromatic nitrogens is 4. The van der Waals surface area contributed by atoms with Crippen molar-refractivity contribution >= 4 is 0 Å². The van der Waals surface area contributed by atoms with Gasteiger partial charge in [-0.15, -0.1) is 0 Å². The number of hydrogen-bond acceptors (Lipinski definition) is 6. The van der Waals surface area contributed by atoms with E-state index in [-0.39, 0.29) is 0 Å². The van der Waals surface area contributed by atoms with Gasteiger partial charge in [-0.05, 0) is 98.5 Å². The van der Waals surface area contributed by atoms with E-state index in [0.29, 0.717) is 28.8 Å². The highest BCUT2D eigenvalue weighted by Gasteiger charge is 2.25. The molecule has 1 aliphatic rings. The Balaban J connectivity index is 1.12. The lowest BCUT2D eigenvalue weighted by molar-refractivity contribution is 0.360. The average molecular weight is 701 g/mol. The quantitative estimate of drug-likeness (QED) is 0.172. The van der Waals surface area contributed by atoms with Crippen LogP contribution >= 0.6 is 0 Å². The van der Waals surface area contributed by atoms with Crippen LogP contribution in [0.15, 0.2) is 146 Å². The van der Waals surface area contributed by atoms with Gasteiger partial charge in [0.25, 0.3) is 0 Å². The summed E-state index contributed by atoms with van der Waals surface area (Å²) in [7, 11) is 0. The molecule has 1 aliphatic heterocycles. The van der Waals surface area contributed by atoms with Crippen molar-refractivity contribution in [2.75, 3.05) is 0 Å². The van der Waals surface area contributed by atoms with Crippen molar-refractivity contribution in [2.24, 2.45) is 0 Å². The molecule has 0 N–H and O–H groups in total. The molecule has 0 radical (unpaired) electrons. The van der Waals surface area contributed by atoms with Gasteiger partial charge in [0.15, 0.2) is 28.8 Å². The first kappa shape index (κ1) is 33.0. The lowest BCUT2D eigenvalue weighted by Crippen LogP contribution is -2.02. The minimum Gasteiger partial charge on any atom is -0.449 e. The smallest absolute Gasteiger partial charge is 0.170 e. The summed E-state index contributed by atoms with van der Waals surface area (Å²) in [5.74, 6) is 3.16. The van der Waals surface area contributed by atoms with Crippen LogP contribution < -0.4 is 9.47 Å². The fourth-order valence-corrected chi connectivity index (χ4v) is 7.10. The molecule has 54 heavy (non-hydrogen) atoms. The second-order valence-electron chi connectivity index (χ2n) is 13.7. The topological polar surface area (TPSA) is 70.0 Å². The molecule has 260 valence electrons. The van der Waals surface area contributed by atoms with Crippen LogP contribution in [0, 0.1) is 27.7 Å². The van der Waals surface area contributed by atoms with Gasteiger partial charge in [-0.1, -0.05) is 97.1 Å². The van der Waals surface area contributed by atoms with E-state index < -0.39 is 0 Å². The summed E-state index contributed by atoms with van der Waals surface area (Å²) in [4.78, 5) is 19.7. The minimum absolute atomic E-state index is 0.610. The van der Waals surface area contributed by atoms with Gasteiger partial charge in [-0.3, -0.25) is 9.97 Å². The second kappa shape index (κ2) is 13.6. The Morgan fingerprint density at radius 1 is 0.333 bits per heavy atom. The molecule has 0 spiro atoms. The van der Waals surface area contributed by atoms with E-state index in [9.17, 15) is 0 Å². The Hall–Kier alpha value is -6.92. The second-order valence-corrected chi connectivity index (χ2v) is 13.7. The van der Waals surface area contributed by atoms with E-state index in [4.69, 9.17) is 29.4 Å². The maximum absolute atomic E-state index is 6.69. The van der Waals surface area contributed by atoms with Gasteiger partial charge in [0.05, 0.1) is 11.4 Å². The summed E-state index contributed by atoms with van der Waals surface area (Å²) in [5.41, 5.74) is 14.7. The third kappa shape index (κ3) is 6.28. The third-order valence-corrected chi connectivity index (χ3v) is 9.84.